The zero-order chi connectivity index (χ0) is 19.9. The number of hydrogen-bond acceptors (Lipinski definition) is 4. The van der Waals surface area contributed by atoms with Crippen LogP contribution in [0.5, 0.6) is 0 Å². The molecule has 3 aromatic rings. The monoisotopic (exact) mass is 395 g/mol. The van der Waals surface area contributed by atoms with Crippen LogP contribution in [-0.4, -0.2) is 18.5 Å². The second-order valence-corrected chi connectivity index (χ2v) is 6.69. The molecule has 0 aliphatic carbocycles. The van der Waals surface area contributed by atoms with Crippen LogP contribution in [0.25, 0.3) is 17.2 Å². The molecule has 1 aromatic heterocycles. The van der Waals surface area contributed by atoms with E-state index < -0.39 is 11.9 Å². The Morgan fingerprint density at radius 1 is 1.11 bits per heavy atom. The number of benzene rings is 2. The van der Waals surface area contributed by atoms with E-state index in [4.69, 9.17) is 4.74 Å². The summed E-state index contributed by atoms with van der Waals surface area (Å²) in [5.41, 5.74) is 2.60. The molecule has 28 heavy (non-hydrogen) atoms. The molecule has 0 bridgehead atoms. The van der Waals surface area contributed by atoms with Crippen LogP contribution >= 0.6 is 11.3 Å². The van der Waals surface area contributed by atoms with Crippen molar-refractivity contribution in [1.29, 1.82) is 0 Å². The Kier molecular flexibility index (Phi) is 6.34. The highest BCUT2D eigenvalue weighted by molar-refractivity contribution is 7.15. The van der Waals surface area contributed by atoms with Crippen LogP contribution < -0.4 is 5.32 Å². The number of nitrogens with one attached hydrogen (secondary N) is 1. The molecule has 142 valence electrons. The number of carbonyl (C=O) groups is 2. The van der Waals surface area contributed by atoms with E-state index >= 15 is 0 Å². The van der Waals surface area contributed by atoms with Crippen molar-refractivity contribution in [2.75, 3.05) is 11.9 Å². The van der Waals surface area contributed by atoms with Crippen LogP contribution in [0.2, 0.25) is 0 Å². The molecular formula is C22H18FNO3S. The number of halogens is 1. The van der Waals surface area contributed by atoms with E-state index in [1.807, 2.05) is 35.7 Å². The Morgan fingerprint density at radius 3 is 2.50 bits per heavy atom. The maximum absolute atomic E-state index is 13.0. The normalized spacial score (nSPS) is 10.8. The summed E-state index contributed by atoms with van der Waals surface area (Å²) in [7, 11) is 0. The molecule has 0 aliphatic rings. The molecule has 2 aromatic carbocycles. The van der Waals surface area contributed by atoms with E-state index in [-0.39, 0.29) is 12.4 Å². The molecule has 1 amide bonds. The zero-order valence-corrected chi connectivity index (χ0v) is 16.0. The number of anilines is 1. The molecule has 0 radical (unpaired) electrons. The van der Waals surface area contributed by atoms with Crippen LogP contribution in [-0.2, 0) is 9.53 Å². The van der Waals surface area contributed by atoms with Crippen LogP contribution in [0.15, 0.2) is 66.1 Å². The first-order valence-corrected chi connectivity index (χ1v) is 9.55. The van der Waals surface area contributed by atoms with Crippen molar-refractivity contribution in [3.05, 3.63) is 83.0 Å². The van der Waals surface area contributed by atoms with E-state index in [2.05, 4.69) is 5.32 Å². The van der Waals surface area contributed by atoms with E-state index in [9.17, 15) is 14.0 Å². The Morgan fingerprint density at radius 2 is 1.82 bits per heavy atom. The number of rotatable bonds is 6. The lowest BCUT2D eigenvalue weighted by Gasteiger charge is -2.07. The summed E-state index contributed by atoms with van der Waals surface area (Å²) in [6, 6.07) is 15.2. The van der Waals surface area contributed by atoms with Gasteiger partial charge in [-0.3, -0.25) is 4.79 Å². The minimum Gasteiger partial charge on any atom is -0.462 e. The van der Waals surface area contributed by atoms with Crippen molar-refractivity contribution < 1.29 is 18.7 Å². The minimum absolute atomic E-state index is 0.237. The minimum atomic E-state index is -0.486. The predicted molar refractivity (Wildman–Crippen MR) is 110 cm³/mol. The highest BCUT2D eigenvalue weighted by atomic mass is 32.1. The summed E-state index contributed by atoms with van der Waals surface area (Å²) < 4.78 is 18.1. The Hall–Kier alpha value is -3.25. The first kappa shape index (κ1) is 19.5. The molecule has 1 N–H and O–H groups in total. The summed E-state index contributed by atoms with van der Waals surface area (Å²) in [6.07, 6.45) is 2.91. The van der Waals surface area contributed by atoms with Gasteiger partial charge in [0.05, 0.1) is 6.61 Å². The van der Waals surface area contributed by atoms with Crippen LogP contribution in [0, 0.1) is 5.82 Å². The second-order valence-electron chi connectivity index (χ2n) is 5.81. The molecule has 3 rings (SSSR count). The van der Waals surface area contributed by atoms with E-state index in [1.165, 1.54) is 29.5 Å². The summed E-state index contributed by atoms with van der Waals surface area (Å²) in [6.45, 7) is 1.97. The van der Waals surface area contributed by atoms with Crippen LogP contribution in [0.4, 0.5) is 9.39 Å². The highest BCUT2D eigenvalue weighted by Gasteiger charge is 2.22. The Labute approximate surface area is 166 Å². The smallest absolute Gasteiger partial charge is 0.341 e. The zero-order valence-electron chi connectivity index (χ0n) is 15.1. The highest BCUT2D eigenvalue weighted by Crippen LogP contribution is 2.36. The van der Waals surface area contributed by atoms with Gasteiger partial charge >= 0.3 is 5.97 Å². The van der Waals surface area contributed by atoms with Crippen molar-refractivity contribution >= 4 is 34.3 Å². The lowest BCUT2D eigenvalue weighted by Crippen LogP contribution is -2.12. The topological polar surface area (TPSA) is 55.4 Å². The van der Waals surface area contributed by atoms with Gasteiger partial charge in [0.1, 0.15) is 16.4 Å². The number of carbonyl (C=O) groups excluding carboxylic acids is 2. The quantitative estimate of drug-likeness (QED) is 0.450. The van der Waals surface area contributed by atoms with Crippen molar-refractivity contribution in [3.63, 3.8) is 0 Å². The lowest BCUT2D eigenvalue weighted by molar-refractivity contribution is -0.111. The molecule has 4 nitrogen and oxygen atoms in total. The van der Waals surface area contributed by atoms with Gasteiger partial charge in [-0.25, -0.2) is 9.18 Å². The van der Waals surface area contributed by atoms with Crippen molar-refractivity contribution in [2.24, 2.45) is 0 Å². The number of thiophene rings is 1. The third-order valence-electron chi connectivity index (χ3n) is 3.89. The fourth-order valence-corrected chi connectivity index (χ4v) is 3.55. The van der Waals surface area contributed by atoms with Gasteiger partial charge in [0.15, 0.2) is 0 Å². The van der Waals surface area contributed by atoms with E-state index in [0.717, 1.165) is 5.56 Å². The van der Waals surface area contributed by atoms with Gasteiger partial charge in [-0.2, -0.15) is 0 Å². The van der Waals surface area contributed by atoms with Crippen molar-refractivity contribution in [1.82, 2.24) is 0 Å². The fourth-order valence-electron chi connectivity index (χ4n) is 2.59. The molecule has 0 atom stereocenters. The Balaban J connectivity index is 1.84. The molecule has 0 aliphatic heterocycles. The summed E-state index contributed by atoms with van der Waals surface area (Å²) >= 11 is 1.26. The van der Waals surface area contributed by atoms with E-state index in [1.54, 1.807) is 25.1 Å². The SMILES string of the molecule is CCOC(=O)c1c(-c2ccccc2)csc1NC(=O)C=Cc1ccc(F)cc1. The molecule has 0 saturated carbocycles. The maximum Gasteiger partial charge on any atom is 0.341 e. The lowest BCUT2D eigenvalue weighted by atomic mass is 10.0. The molecule has 1 heterocycles. The van der Waals surface area contributed by atoms with Gasteiger partial charge in [-0.15, -0.1) is 11.3 Å². The standard InChI is InChI=1S/C22H18FNO3S/c1-2-27-22(26)20-18(16-6-4-3-5-7-16)14-28-21(20)24-19(25)13-10-15-8-11-17(23)12-9-15/h3-14H,2H2,1H3,(H,24,25). The average Bonchev–Trinajstić information content (AvgIpc) is 3.12. The number of esters is 1. The van der Waals surface area contributed by atoms with Crippen molar-refractivity contribution in [2.45, 2.75) is 6.92 Å². The molecular weight excluding hydrogens is 377 g/mol. The predicted octanol–water partition coefficient (Wildman–Crippen LogP) is 5.38. The maximum atomic E-state index is 13.0. The first-order valence-electron chi connectivity index (χ1n) is 8.67. The molecule has 0 fully saturated rings. The van der Waals surface area contributed by atoms with Crippen LogP contribution in [0.1, 0.15) is 22.8 Å². The van der Waals surface area contributed by atoms with Crippen molar-refractivity contribution in [3.8, 4) is 11.1 Å². The summed E-state index contributed by atoms with van der Waals surface area (Å²) in [4.78, 5) is 24.8. The molecule has 0 spiro atoms. The largest absolute Gasteiger partial charge is 0.462 e. The van der Waals surface area contributed by atoms with Gasteiger partial charge < -0.3 is 10.1 Å². The fraction of sp³-hybridized carbons (Fsp3) is 0.0909. The van der Waals surface area contributed by atoms with Gasteiger partial charge in [0, 0.05) is 17.0 Å². The number of amides is 1. The van der Waals surface area contributed by atoms with Gasteiger partial charge in [0.2, 0.25) is 5.91 Å². The number of ether oxygens (including phenoxy) is 1. The van der Waals surface area contributed by atoms with Gasteiger partial charge in [-0.1, -0.05) is 42.5 Å². The Bertz CT molecular complexity index is 994. The molecule has 0 unspecified atom stereocenters. The first-order chi connectivity index (χ1) is 13.6. The second kappa shape index (κ2) is 9.10. The third-order valence-corrected chi connectivity index (χ3v) is 4.78. The molecule has 6 heteroatoms. The average molecular weight is 395 g/mol. The van der Waals surface area contributed by atoms with Gasteiger partial charge in [0.25, 0.3) is 0 Å². The third kappa shape index (κ3) is 4.72. The van der Waals surface area contributed by atoms with Gasteiger partial charge in [-0.05, 0) is 36.3 Å². The number of hydrogen-bond donors (Lipinski definition) is 1. The van der Waals surface area contributed by atoms with Crippen LogP contribution in [0.3, 0.4) is 0 Å². The summed E-state index contributed by atoms with van der Waals surface area (Å²) in [5, 5.41) is 4.98. The molecule has 0 saturated heterocycles. The summed E-state index contributed by atoms with van der Waals surface area (Å²) in [5.74, 6) is -1.22. The van der Waals surface area contributed by atoms with E-state index in [0.29, 0.717) is 21.7 Å².